The lowest BCUT2D eigenvalue weighted by Gasteiger charge is -1.91. The standard InChI is InChI=1S/C9H7N.C3H9N.H2O/c1-2-6-9-8(4-1)5-3-7-10-9;1-4(2)3;/h1-7H;1-3H3;1H2. The van der Waals surface area contributed by atoms with Gasteiger partial charge in [-0.05, 0) is 33.3 Å². The van der Waals surface area contributed by atoms with Crippen LogP contribution in [0.25, 0.3) is 10.9 Å². The Hall–Kier alpha value is -1.45. The van der Waals surface area contributed by atoms with Gasteiger partial charge in [0, 0.05) is 11.6 Å². The van der Waals surface area contributed by atoms with E-state index in [1.807, 2.05) is 56.5 Å². The van der Waals surface area contributed by atoms with E-state index in [2.05, 4.69) is 17.1 Å². The molecule has 0 bridgehead atoms. The molecule has 1 aromatic carbocycles. The molecule has 0 amide bonds. The lowest BCUT2D eigenvalue weighted by molar-refractivity contribution is 0.505. The Kier molecular flexibility index (Phi) is 6.25. The van der Waals surface area contributed by atoms with E-state index < -0.39 is 0 Å². The van der Waals surface area contributed by atoms with E-state index in [0.29, 0.717) is 0 Å². The first-order valence-corrected chi connectivity index (χ1v) is 4.61. The van der Waals surface area contributed by atoms with Gasteiger partial charge in [0.2, 0.25) is 0 Å². The second kappa shape index (κ2) is 6.92. The van der Waals surface area contributed by atoms with E-state index in [1.54, 1.807) is 0 Å². The van der Waals surface area contributed by atoms with E-state index in [-0.39, 0.29) is 5.48 Å². The molecule has 0 unspecified atom stereocenters. The number of benzene rings is 1. The van der Waals surface area contributed by atoms with Gasteiger partial charge in [-0.3, -0.25) is 4.98 Å². The molecule has 15 heavy (non-hydrogen) atoms. The quantitative estimate of drug-likeness (QED) is 0.657. The summed E-state index contributed by atoms with van der Waals surface area (Å²) in [5, 5.41) is 1.20. The first-order chi connectivity index (χ1) is 6.70. The lowest BCUT2D eigenvalue weighted by Crippen LogP contribution is -1.99. The van der Waals surface area contributed by atoms with E-state index in [0.717, 1.165) is 5.52 Å². The molecule has 0 saturated heterocycles. The Balaban J connectivity index is 0.000000346. The normalized spacial score (nSPS) is 9.07. The molecule has 0 saturated carbocycles. The van der Waals surface area contributed by atoms with Gasteiger partial charge in [0.1, 0.15) is 0 Å². The van der Waals surface area contributed by atoms with Crippen LogP contribution in [0.15, 0.2) is 42.6 Å². The fourth-order valence-corrected chi connectivity index (χ4v) is 1.02. The lowest BCUT2D eigenvalue weighted by atomic mass is 10.2. The van der Waals surface area contributed by atoms with Gasteiger partial charge in [-0.1, -0.05) is 24.3 Å². The number of hydrogen-bond acceptors (Lipinski definition) is 2. The van der Waals surface area contributed by atoms with Crippen molar-refractivity contribution in [3.63, 3.8) is 0 Å². The van der Waals surface area contributed by atoms with Crippen LogP contribution in [-0.2, 0) is 0 Å². The molecule has 1 heterocycles. The minimum atomic E-state index is 0. The smallest absolute Gasteiger partial charge is 0.0701 e. The Labute approximate surface area is 90.7 Å². The number of pyridine rings is 1. The summed E-state index contributed by atoms with van der Waals surface area (Å²) < 4.78 is 0. The SMILES string of the molecule is CN(C)C.O.c1ccc2ncccc2c1. The first-order valence-electron chi connectivity index (χ1n) is 4.61. The predicted octanol–water partition coefficient (Wildman–Crippen LogP) is 1.59. The summed E-state index contributed by atoms with van der Waals surface area (Å²) in [7, 11) is 6.00. The van der Waals surface area contributed by atoms with Crippen molar-refractivity contribution in [2.24, 2.45) is 0 Å². The number of aromatic nitrogens is 1. The van der Waals surface area contributed by atoms with Crippen molar-refractivity contribution in [3.8, 4) is 0 Å². The third-order valence-electron chi connectivity index (χ3n) is 1.51. The van der Waals surface area contributed by atoms with Crippen LogP contribution in [-0.4, -0.2) is 36.5 Å². The average molecular weight is 206 g/mol. The largest absolute Gasteiger partial charge is 0.412 e. The van der Waals surface area contributed by atoms with Gasteiger partial charge < -0.3 is 10.4 Å². The molecule has 0 aliphatic heterocycles. The molecule has 1 aromatic heterocycles. The number of para-hydroxylation sites is 1. The van der Waals surface area contributed by atoms with Crippen molar-refractivity contribution in [2.75, 3.05) is 21.1 Å². The highest BCUT2D eigenvalue weighted by Gasteiger charge is 1.86. The van der Waals surface area contributed by atoms with Gasteiger partial charge in [0.05, 0.1) is 5.52 Å². The van der Waals surface area contributed by atoms with Crippen LogP contribution in [0.5, 0.6) is 0 Å². The van der Waals surface area contributed by atoms with Gasteiger partial charge in [-0.2, -0.15) is 0 Å². The maximum absolute atomic E-state index is 4.18. The van der Waals surface area contributed by atoms with Crippen LogP contribution in [0.4, 0.5) is 0 Å². The molecule has 0 aliphatic rings. The van der Waals surface area contributed by atoms with Crippen molar-refractivity contribution in [1.29, 1.82) is 0 Å². The summed E-state index contributed by atoms with van der Waals surface area (Å²) in [5.41, 5.74) is 1.06. The molecular formula is C12H18N2O. The summed E-state index contributed by atoms with van der Waals surface area (Å²) in [6, 6.07) is 12.1. The van der Waals surface area contributed by atoms with Crippen molar-refractivity contribution >= 4 is 10.9 Å². The fraction of sp³-hybridized carbons (Fsp3) is 0.250. The molecule has 3 nitrogen and oxygen atoms in total. The van der Waals surface area contributed by atoms with E-state index >= 15 is 0 Å². The second-order valence-electron chi connectivity index (χ2n) is 3.54. The minimum absolute atomic E-state index is 0. The molecule has 0 radical (unpaired) electrons. The van der Waals surface area contributed by atoms with Gasteiger partial charge in [-0.25, -0.2) is 0 Å². The summed E-state index contributed by atoms with van der Waals surface area (Å²) in [4.78, 5) is 6.18. The molecule has 2 rings (SSSR count). The van der Waals surface area contributed by atoms with Crippen molar-refractivity contribution < 1.29 is 5.48 Å². The van der Waals surface area contributed by atoms with Crippen LogP contribution in [0, 0.1) is 0 Å². The highest BCUT2D eigenvalue weighted by atomic mass is 16.0. The van der Waals surface area contributed by atoms with Crippen LogP contribution >= 0.6 is 0 Å². The fourth-order valence-electron chi connectivity index (χ4n) is 1.02. The third kappa shape index (κ3) is 5.10. The number of rotatable bonds is 0. The van der Waals surface area contributed by atoms with E-state index in [1.165, 1.54) is 5.39 Å². The summed E-state index contributed by atoms with van der Waals surface area (Å²) in [6.45, 7) is 0. The summed E-state index contributed by atoms with van der Waals surface area (Å²) >= 11 is 0. The molecule has 82 valence electrons. The highest BCUT2D eigenvalue weighted by molar-refractivity contribution is 5.77. The zero-order chi connectivity index (χ0) is 10.4. The summed E-state index contributed by atoms with van der Waals surface area (Å²) in [6.07, 6.45) is 1.81. The van der Waals surface area contributed by atoms with Crippen LogP contribution in [0.3, 0.4) is 0 Å². The van der Waals surface area contributed by atoms with Crippen molar-refractivity contribution in [3.05, 3.63) is 42.6 Å². The minimum Gasteiger partial charge on any atom is -0.412 e. The van der Waals surface area contributed by atoms with Crippen LogP contribution < -0.4 is 0 Å². The van der Waals surface area contributed by atoms with Crippen molar-refractivity contribution in [2.45, 2.75) is 0 Å². The van der Waals surface area contributed by atoms with Gasteiger partial charge in [0.15, 0.2) is 0 Å². The Bertz CT molecular complexity index is 320. The first kappa shape index (κ1) is 13.5. The Morgan fingerprint density at radius 2 is 1.47 bits per heavy atom. The van der Waals surface area contributed by atoms with E-state index in [4.69, 9.17) is 0 Å². The van der Waals surface area contributed by atoms with Gasteiger partial charge >= 0.3 is 0 Å². The number of nitrogens with zero attached hydrogens (tertiary/aromatic N) is 2. The van der Waals surface area contributed by atoms with Crippen LogP contribution in [0.2, 0.25) is 0 Å². The molecule has 0 spiro atoms. The second-order valence-corrected chi connectivity index (χ2v) is 3.54. The monoisotopic (exact) mass is 206 g/mol. The molecule has 0 aliphatic carbocycles. The van der Waals surface area contributed by atoms with Crippen LogP contribution in [0.1, 0.15) is 0 Å². The maximum atomic E-state index is 4.18. The molecule has 3 heteroatoms. The summed E-state index contributed by atoms with van der Waals surface area (Å²) in [5.74, 6) is 0. The molecule has 2 N–H and O–H groups in total. The number of hydrogen-bond donors (Lipinski definition) is 0. The highest BCUT2D eigenvalue weighted by Crippen LogP contribution is 2.07. The molecule has 0 fully saturated rings. The third-order valence-corrected chi connectivity index (χ3v) is 1.51. The van der Waals surface area contributed by atoms with Crippen molar-refractivity contribution in [1.82, 2.24) is 9.88 Å². The average Bonchev–Trinajstić information content (AvgIpc) is 2.17. The van der Waals surface area contributed by atoms with E-state index in [9.17, 15) is 0 Å². The topological polar surface area (TPSA) is 47.6 Å². The zero-order valence-electron chi connectivity index (χ0n) is 9.44. The van der Waals surface area contributed by atoms with Gasteiger partial charge in [0.25, 0.3) is 0 Å². The zero-order valence-corrected chi connectivity index (χ0v) is 9.44. The Morgan fingerprint density at radius 3 is 2.07 bits per heavy atom. The number of fused-ring (bicyclic) bond motifs is 1. The van der Waals surface area contributed by atoms with Gasteiger partial charge in [-0.15, -0.1) is 0 Å². The molecule has 0 atom stereocenters. The molecule has 2 aromatic rings. The Morgan fingerprint density at radius 1 is 0.933 bits per heavy atom. The molecular weight excluding hydrogens is 188 g/mol. The maximum Gasteiger partial charge on any atom is 0.0701 e. The predicted molar refractivity (Wildman–Crippen MR) is 65.0 cm³/mol.